The zero-order chi connectivity index (χ0) is 26.6. The SMILES string of the molecule is CC(=O)c1ccccc1N(C(=O)Cn1nnc2ccccc21)[C@H](C(=O)NC1CCCC1)c1ccccc1F. The standard InChI is InChI=1S/C29H28FN5O3/c1-19(36)21-12-5-8-16-25(21)35(27(37)18-34-26-17-9-7-15-24(26)32-33-34)28(22-13-4-6-14-23(22)30)29(38)31-20-10-2-3-11-20/h4-9,12-17,20,28H,2-3,10-11,18H2,1H3,(H,31,38)/t28-/m0/s1. The Morgan fingerprint density at radius 3 is 2.45 bits per heavy atom. The molecule has 1 atom stereocenters. The fourth-order valence-electron chi connectivity index (χ4n) is 5.08. The Hall–Kier alpha value is -4.40. The van der Waals surface area contributed by atoms with Crippen molar-refractivity contribution in [3.05, 3.63) is 89.7 Å². The van der Waals surface area contributed by atoms with Crippen molar-refractivity contribution in [2.75, 3.05) is 4.90 Å². The van der Waals surface area contributed by atoms with Gasteiger partial charge in [-0.1, -0.05) is 60.5 Å². The predicted octanol–water partition coefficient (Wildman–Crippen LogP) is 4.61. The van der Waals surface area contributed by atoms with Crippen molar-refractivity contribution in [1.82, 2.24) is 20.3 Å². The Morgan fingerprint density at radius 2 is 1.68 bits per heavy atom. The van der Waals surface area contributed by atoms with Crippen LogP contribution >= 0.6 is 0 Å². The lowest BCUT2D eigenvalue weighted by Crippen LogP contribution is -2.48. The number of carbonyl (C=O) groups excluding carboxylic acids is 3. The topological polar surface area (TPSA) is 97.2 Å². The molecule has 0 bridgehead atoms. The van der Waals surface area contributed by atoms with Crippen LogP contribution < -0.4 is 10.2 Å². The normalized spacial score (nSPS) is 14.4. The average Bonchev–Trinajstić information content (AvgIpc) is 3.58. The van der Waals surface area contributed by atoms with Gasteiger partial charge in [-0.25, -0.2) is 9.07 Å². The van der Waals surface area contributed by atoms with Gasteiger partial charge in [-0.05, 0) is 50.1 Å². The molecule has 9 heteroatoms. The fourth-order valence-corrected chi connectivity index (χ4v) is 5.08. The molecule has 38 heavy (non-hydrogen) atoms. The number of nitrogens with zero attached hydrogens (tertiary/aromatic N) is 4. The lowest BCUT2D eigenvalue weighted by atomic mass is 9.99. The lowest BCUT2D eigenvalue weighted by molar-refractivity contribution is -0.127. The Kier molecular flexibility index (Phi) is 7.26. The van der Waals surface area contributed by atoms with E-state index >= 15 is 4.39 Å². The maximum Gasteiger partial charge on any atom is 0.249 e. The first kappa shape index (κ1) is 25.3. The molecular formula is C29H28FN5O3. The number of carbonyl (C=O) groups is 3. The molecule has 1 aliphatic carbocycles. The highest BCUT2D eigenvalue weighted by molar-refractivity contribution is 6.08. The number of amides is 2. The molecule has 1 N–H and O–H groups in total. The Labute approximate surface area is 219 Å². The van der Waals surface area contributed by atoms with Gasteiger partial charge in [0, 0.05) is 17.2 Å². The molecule has 0 unspecified atom stereocenters. The number of hydrogen-bond acceptors (Lipinski definition) is 5. The number of aromatic nitrogens is 3. The summed E-state index contributed by atoms with van der Waals surface area (Å²) in [7, 11) is 0. The van der Waals surface area contributed by atoms with Gasteiger partial charge < -0.3 is 5.32 Å². The van der Waals surface area contributed by atoms with Crippen molar-refractivity contribution >= 4 is 34.3 Å². The van der Waals surface area contributed by atoms with E-state index in [-0.39, 0.29) is 35.2 Å². The number of ketones is 1. The van der Waals surface area contributed by atoms with E-state index in [1.807, 2.05) is 12.1 Å². The number of Topliss-reactive ketones (excluding diaryl/α,β-unsaturated/α-hetero) is 1. The maximum atomic E-state index is 15.3. The van der Waals surface area contributed by atoms with Crippen molar-refractivity contribution in [2.24, 2.45) is 0 Å². The van der Waals surface area contributed by atoms with Crippen LogP contribution in [0.1, 0.15) is 54.6 Å². The van der Waals surface area contributed by atoms with Crippen LogP contribution in [0, 0.1) is 5.82 Å². The van der Waals surface area contributed by atoms with Gasteiger partial charge in [0.05, 0.1) is 11.2 Å². The van der Waals surface area contributed by atoms with Gasteiger partial charge in [0.2, 0.25) is 11.8 Å². The summed E-state index contributed by atoms with van der Waals surface area (Å²) in [5.41, 5.74) is 1.76. The number of benzene rings is 3. The van der Waals surface area contributed by atoms with E-state index in [0.29, 0.717) is 11.0 Å². The zero-order valence-corrected chi connectivity index (χ0v) is 21.0. The lowest BCUT2D eigenvalue weighted by Gasteiger charge is -2.33. The highest BCUT2D eigenvalue weighted by Crippen LogP contribution is 2.33. The van der Waals surface area contributed by atoms with Gasteiger partial charge in [0.1, 0.15) is 23.9 Å². The minimum atomic E-state index is -1.35. The van der Waals surface area contributed by atoms with E-state index in [2.05, 4.69) is 15.6 Å². The molecule has 0 aliphatic heterocycles. The summed E-state index contributed by atoms with van der Waals surface area (Å²) >= 11 is 0. The van der Waals surface area contributed by atoms with Gasteiger partial charge in [-0.15, -0.1) is 5.10 Å². The third-order valence-corrected chi connectivity index (χ3v) is 6.92. The van der Waals surface area contributed by atoms with Crippen LogP contribution in [0.4, 0.5) is 10.1 Å². The second-order valence-electron chi connectivity index (χ2n) is 9.49. The number of para-hydroxylation sites is 2. The van der Waals surface area contributed by atoms with Crippen molar-refractivity contribution in [2.45, 2.75) is 51.2 Å². The monoisotopic (exact) mass is 513 g/mol. The molecule has 4 aromatic rings. The van der Waals surface area contributed by atoms with Crippen LogP contribution in [0.25, 0.3) is 11.0 Å². The van der Waals surface area contributed by atoms with E-state index in [1.165, 1.54) is 34.7 Å². The molecule has 0 spiro atoms. The van der Waals surface area contributed by atoms with Crippen LogP contribution in [0.5, 0.6) is 0 Å². The Bertz CT molecular complexity index is 1490. The molecule has 1 aliphatic rings. The quantitative estimate of drug-likeness (QED) is 0.347. The number of rotatable bonds is 8. The zero-order valence-electron chi connectivity index (χ0n) is 21.0. The summed E-state index contributed by atoms with van der Waals surface area (Å²) in [5.74, 6) is -1.95. The number of anilines is 1. The summed E-state index contributed by atoms with van der Waals surface area (Å²) in [5, 5.41) is 11.3. The van der Waals surface area contributed by atoms with Crippen LogP contribution in [-0.4, -0.2) is 38.6 Å². The van der Waals surface area contributed by atoms with Crippen molar-refractivity contribution in [3.63, 3.8) is 0 Å². The predicted molar refractivity (Wildman–Crippen MR) is 141 cm³/mol. The number of nitrogens with one attached hydrogen (secondary N) is 1. The first-order chi connectivity index (χ1) is 18.4. The second kappa shape index (κ2) is 10.9. The average molecular weight is 514 g/mol. The van der Waals surface area contributed by atoms with Crippen molar-refractivity contribution < 1.29 is 18.8 Å². The number of fused-ring (bicyclic) bond motifs is 1. The summed E-state index contributed by atoms with van der Waals surface area (Å²) in [6, 6.07) is 18.3. The van der Waals surface area contributed by atoms with Crippen LogP contribution in [0.2, 0.25) is 0 Å². The van der Waals surface area contributed by atoms with Gasteiger partial charge in [-0.2, -0.15) is 0 Å². The fraction of sp³-hybridized carbons (Fsp3) is 0.276. The van der Waals surface area contributed by atoms with Crippen LogP contribution in [0.3, 0.4) is 0 Å². The first-order valence-corrected chi connectivity index (χ1v) is 12.7. The molecule has 1 aromatic heterocycles. The van der Waals surface area contributed by atoms with E-state index in [1.54, 1.807) is 42.5 Å². The smallest absolute Gasteiger partial charge is 0.249 e. The highest BCUT2D eigenvalue weighted by Gasteiger charge is 2.37. The van der Waals surface area contributed by atoms with Gasteiger partial charge >= 0.3 is 0 Å². The molecule has 1 fully saturated rings. The molecule has 5 rings (SSSR count). The van der Waals surface area contributed by atoms with Gasteiger partial charge in [0.25, 0.3) is 0 Å². The minimum Gasteiger partial charge on any atom is -0.351 e. The molecule has 2 amide bonds. The molecule has 3 aromatic carbocycles. The van der Waals surface area contributed by atoms with Crippen molar-refractivity contribution in [1.29, 1.82) is 0 Å². The maximum absolute atomic E-state index is 15.3. The highest BCUT2D eigenvalue weighted by atomic mass is 19.1. The molecule has 1 saturated carbocycles. The third kappa shape index (κ3) is 5.04. The molecule has 194 valence electrons. The molecule has 1 heterocycles. The Morgan fingerprint density at radius 1 is 1.00 bits per heavy atom. The van der Waals surface area contributed by atoms with Crippen LogP contribution in [0.15, 0.2) is 72.8 Å². The summed E-state index contributed by atoms with van der Waals surface area (Å²) in [6.07, 6.45) is 3.62. The molecule has 0 radical (unpaired) electrons. The van der Waals surface area contributed by atoms with E-state index in [4.69, 9.17) is 0 Å². The largest absolute Gasteiger partial charge is 0.351 e. The van der Waals surface area contributed by atoms with Gasteiger partial charge in [0.15, 0.2) is 5.78 Å². The summed E-state index contributed by atoms with van der Waals surface area (Å²) < 4.78 is 16.7. The van der Waals surface area contributed by atoms with E-state index < -0.39 is 23.7 Å². The van der Waals surface area contributed by atoms with E-state index in [9.17, 15) is 14.4 Å². The van der Waals surface area contributed by atoms with E-state index in [0.717, 1.165) is 25.7 Å². The third-order valence-electron chi connectivity index (χ3n) is 6.92. The van der Waals surface area contributed by atoms with Gasteiger partial charge in [-0.3, -0.25) is 19.3 Å². The minimum absolute atomic E-state index is 0.0400. The summed E-state index contributed by atoms with van der Waals surface area (Å²) in [4.78, 5) is 41.8. The molecule has 8 nitrogen and oxygen atoms in total. The van der Waals surface area contributed by atoms with Crippen molar-refractivity contribution in [3.8, 4) is 0 Å². The van der Waals surface area contributed by atoms with Crippen LogP contribution in [-0.2, 0) is 16.1 Å². The Balaban J connectivity index is 1.64. The second-order valence-corrected chi connectivity index (χ2v) is 9.49. The summed E-state index contributed by atoms with van der Waals surface area (Å²) in [6.45, 7) is 1.12. The molecule has 0 saturated heterocycles. The number of halogens is 1. The molecular weight excluding hydrogens is 485 g/mol. The number of hydrogen-bond donors (Lipinski definition) is 1. The first-order valence-electron chi connectivity index (χ1n) is 12.7.